The van der Waals surface area contributed by atoms with E-state index >= 15 is 0 Å². The minimum Gasteiger partial charge on any atom is -0.481 e. The molecule has 0 saturated carbocycles. The van der Waals surface area contributed by atoms with Crippen LogP contribution in [0.3, 0.4) is 0 Å². The van der Waals surface area contributed by atoms with E-state index < -0.39 is 67.4 Å². The highest BCUT2D eigenvalue weighted by atomic mass is 19.1. The molecule has 0 aliphatic carbocycles. The number of aromatic nitrogens is 3. The monoisotopic (exact) mass is 628 g/mol. The molecule has 0 radical (unpaired) electrons. The summed E-state index contributed by atoms with van der Waals surface area (Å²) in [5.41, 5.74) is 1.22. The number of carboxylic acid groups (broad SMARTS) is 4. The number of benzene rings is 2. The number of alkyl halides is 1. The van der Waals surface area contributed by atoms with E-state index in [0.29, 0.717) is 17.7 Å². The van der Waals surface area contributed by atoms with E-state index in [2.05, 4.69) is 20.9 Å². The Morgan fingerprint density at radius 3 is 2.11 bits per heavy atom. The predicted molar refractivity (Wildman–Crippen MR) is 152 cm³/mol. The molecule has 3 rings (SSSR count). The summed E-state index contributed by atoms with van der Waals surface area (Å²) in [6, 6.07) is 5.58. The Morgan fingerprint density at radius 2 is 1.51 bits per heavy atom. The molecule has 0 spiro atoms. The summed E-state index contributed by atoms with van der Waals surface area (Å²) in [6.07, 6.45) is 0.915. The van der Waals surface area contributed by atoms with Gasteiger partial charge in [-0.1, -0.05) is 17.3 Å². The fourth-order valence-corrected chi connectivity index (χ4v) is 4.03. The maximum Gasteiger partial charge on any atom is 0.335 e. The van der Waals surface area contributed by atoms with Crippen molar-refractivity contribution in [3.05, 3.63) is 71.0 Å². The lowest BCUT2D eigenvalue weighted by atomic mass is 10.1. The van der Waals surface area contributed by atoms with Gasteiger partial charge in [0.15, 0.2) is 0 Å². The molecule has 1 heterocycles. The summed E-state index contributed by atoms with van der Waals surface area (Å²) in [6.45, 7) is -0.534. The molecule has 1 aromatic heterocycles. The van der Waals surface area contributed by atoms with Gasteiger partial charge in [-0.05, 0) is 55.2 Å². The summed E-state index contributed by atoms with van der Waals surface area (Å²) in [4.78, 5) is 70.7. The van der Waals surface area contributed by atoms with Crippen LogP contribution in [0.4, 0.5) is 14.9 Å². The SMILES string of the molecule is O=C(O)CC[C@H](NC(=O)NC(Cc1ccc(NC(=O)c2cc(C(=O)O)cc(-n3cc(CCCF)nn3)c2)cc1)C(=O)O)C(=O)O. The number of aryl methyl sites for hydroxylation is 1. The number of hydrogen-bond donors (Lipinski definition) is 7. The highest BCUT2D eigenvalue weighted by Crippen LogP contribution is 2.18. The smallest absolute Gasteiger partial charge is 0.335 e. The van der Waals surface area contributed by atoms with Crippen LogP contribution in [0.2, 0.25) is 0 Å². The Hall–Kier alpha value is -5.87. The van der Waals surface area contributed by atoms with Gasteiger partial charge in [0, 0.05) is 24.1 Å². The fraction of sp³-hybridized carbons (Fsp3) is 0.286. The summed E-state index contributed by atoms with van der Waals surface area (Å²) < 4.78 is 13.8. The van der Waals surface area contributed by atoms with E-state index in [-0.39, 0.29) is 35.3 Å². The van der Waals surface area contributed by atoms with Crippen molar-refractivity contribution in [3.63, 3.8) is 0 Å². The van der Waals surface area contributed by atoms with Crippen LogP contribution in [0, 0.1) is 0 Å². The van der Waals surface area contributed by atoms with Gasteiger partial charge in [0.25, 0.3) is 5.91 Å². The van der Waals surface area contributed by atoms with Gasteiger partial charge in [-0.2, -0.15) is 0 Å². The number of hydrogen-bond acceptors (Lipinski definition) is 8. The topological polar surface area (TPSA) is 250 Å². The van der Waals surface area contributed by atoms with E-state index in [9.17, 15) is 48.5 Å². The lowest BCUT2D eigenvalue weighted by molar-refractivity contribution is -0.140. The van der Waals surface area contributed by atoms with Crippen molar-refractivity contribution in [1.29, 1.82) is 0 Å². The van der Waals surface area contributed by atoms with Crippen LogP contribution in [-0.2, 0) is 27.2 Å². The zero-order chi connectivity index (χ0) is 33.1. The number of rotatable bonds is 16. The molecule has 45 heavy (non-hydrogen) atoms. The number of carbonyl (C=O) groups excluding carboxylic acids is 2. The first-order chi connectivity index (χ1) is 21.4. The van der Waals surface area contributed by atoms with Gasteiger partial charge >= 0.3 is 29.9 Å². The first-order valence-electron chi connectivity index (χ1n) is 13.4. The van der Waals surface area contributed by atoms with Gasteiger partial charge in [-0.25, -0.2) is 23.9 Å². The molecule has 17 heteroatoms. The molecule has 2 aromatic carbocycles. The van der Waals surface area contributed by atoms with Crippen molar-refractivity contribution < 1.29 is 53.6 Å². The predicted octanol–water partition coefficient (Wildman–Crippen LogP) is 1.73. The third-order valence-electron chi connectivity index (χ3n) is 6.30. The minimum atomic E-state index is -1.55. The standard InChI is InChI=1S/C28H29FN6O10/c29-9-1-2-19-14-35(34-33-19)20-12-16(11-17(13-20)25(39)40)24(38)30-18-5-3-15(4-6-18)10-22(27(43)44)32-28(45)31-21(26(41)42)7-8-23(36)37/h3-6,11-14,21-22H,1-2,7-10H2,(H,30,38)(H,36,37)(H,39,40)(H,41,42)(H,43,44)(H2,31,32,45)/t21-,22?/m0/s1. The van der Waals surface area contributed by atoms with E-state index in [0.717, 1.165) is 0 Å². The second-order valence-electron chi connectivity index (χ2n) is 9.71. The molecule has 3 amide bonds. The van der Waals surface area contributed by atoms with Gasteiger partial charge < -0.3 is 36.4 Å². The van der Waals surface area contributed by atoms with Crippen LogP contribution in [0.15, 0.2) is 48.7 Å². The van der Waals surface area contributed by atoms with Crippen molar-refractivity contribution in [2.75, 3.05) is 12.0 Å². The van der Waals surface area contributed by atoms with E-state index in [4.69, 9.17) is 5.11 Å². The van der Waals surface area contributed by atoms with Gasteiger partial charge in [-0.3, -0.25) is 14.0 Å². The van der Waals surface area contributed by atoms with Crippen LogP contribution in [0.1, 0.15) is 51.2 Å². The molecule has 1 unspecified atom stereocenters. The Balaban J connectivity index is 1.68. The number of nitrogens with one attached hydrogen (secondary N) is 3. The molecule has 3 aromatic rings. The molecule has 0 aliphatic heterocycles. The van der Waals surface area contributed by atoms with Gasteiger partial charge in [0.05, 0.1) is 29.8 Å². The Bertz CT molecular complexity index is 1580. The van der Waals surface area contributed by atoms with Crippen LogP contribution < -0.4 is 16.0 Å². The molecule has 0 fully saturated rings. The van der Waals surface area contributed by atoms with Crippen molar-refractivity contribution in [1.82, 2.24) is 25.6 Å². The molecule has 2 atom stereocenters. The molecule has 0 aliphatic rings. The van der Waals surface area contributed by atoms with E-state index in [1.807, 2.05) is 5.32 Å². The summed E-state index contributed by atoms with van der Waals surface area (Å²) in [5.74, 6) is -6.13. The fourth-order valence-electron chi connectivity index (χ4n) is 4.03. The lowest BCUT2D eigenvalue weighted by Gasteiger charge is -2.18. The zero-order valence-corrected chi connectivity index (χ0v) is 23.5. The molecule has 238 valence electrons. The Kier molecular flexibility index (Phi) is 11.6. The quantitative estimate of drug-likeness (QED) is 0.120. The number of nitrogens with zero attached hydrogens (tertiary/aromatic N) is 3. The summed E-state index contributed by atoms with van der Waals surface area (Å²) in [7, 11) is 0. The molecule has 7 N–H and O–H groups in total. The van der Waals surface area contributed by atoms with Crippen LogP contribution >= 0.6 is 0 Å². The van der Waals surface area contributed by atoms with Crippen molar-refractivity contribution in [2.45, 2.75) is 44.2 Å². The van der Waals surface area contributed by atoms with E-state index in [1.54, 1.807) is 0 Å². The van der Waals surface area contributed by atoms with Crippen molar-refractivity contribution >= 4 is 41.5 Å². The van der Waals surface area contributed by atoms with Crippen LogP contribution in [0.25, 0.3) is 5.69 Å². The first kappa shape index (κ1) is 33.6. The first-order valence-corrected chi connectivity index (χ1v) is 13.4. The highest BCUT2D eigenvalue weighted by molar-refractivity contribution is 6.06. The maximum absolute atomic E-state index is 13.0. The second-order valence-corrected chi connectivity index (χ2v) is 9.71. The minimum absolute atomic E-state index is 0.0149. The summed E-state index contributed by atoms with van der Waals surface area (Å²) in [5, 5.41) is 51.7. The number of urea groups is 1. The number of carbonyl (C=O) groups is 6. The van der Waals surface area contributed by atoms with Crippen LogP contribution in [-0.4, -0.2) is 90.0 Å². The third-order valence-corrected chi connectivity index (χ3v) is 6.30. The number of halogens is 1. The lowest BCUT2D eigenvalue weighted by Crippen LogP contribution is -2.51. The highest BCUT2D eigenvalue weighted by Gasteiger charge is 2.25. The number of aromatic carboxylic acids is 1. The number of amides is 3. The summed E-state index contributed by atoms with van der Waals surface area (Å²) >= 11 is 0. The van der Waals surface area contributed by atoms with Gasteiger partial charge in [0.2, 0.25) is 0 Å². The van der Waals surface area contributed by atoms with Crippen LogP contribution in [0.5, 0.6) is 0 Å². The van der Waals surface area contributed by atoms with Crippen molar-refractivity contribution in [3.8, 4) is 5.69 Å². The molecule has 0 saturated heterocycles. The molecular formula is C28H29FN6O10. The average Bonchev–Trinajstić information content (AvgIpc) is 3.47. The van der Waals surface area contributed by atoms with Gasteiger partial charge in [-0.15, -0.1) is 5.10 Å². The third kappa shape index (κ3) is 10.1. The maximum atomic E-state index is 13.0. The number of aliphatic carboxylic acids is 3. The number of carboxylic acids is 4. The van der Waals surface area contributed by atoms with E-state index in [1.165, 1.54) is 53.3 Å². The van der Waals surface area contributed by atoms with Crippen molar-refractivity contribution in [2.24, 2.45) is 0 Å². The largest absolute Gasteiger partial charge is 0.481 e. The second kappa shape index (κ2) is 15.6. The van der Waals surface area contributed by atoms with Gasteiger partial charge in [0.1, 0.15) is 12.1 Å². The number of anilines is 1. The Morgan fingerprint density at radius 1 is 0.867 bits per heavy atom. The Labute approximate surface area is 253 Å². The molecular weight excluding hydrogens is 599 g/mol. The molecule has 0 bridgehead atoms. The normalized spacial score (nSPS) is 12.0. The zero-order valence-electron chi connectivity index (χ0n) is 23.5. The molecule has 16 nitrogen and oxygen atoms in total. The average molecular weight is 629 g/mol.